The van der Waals surface area contributed by atoms with Crippen LogP contribution in [0.25, 0.3) is 17.2 Å². The first-order valence-electron chi connectivity index (χ1n) is 7.32. The molecular weight excluding hydrogens is 254 g/mol. The molecule has 3 aliphatic rings. The molecule has 0 saturated heterocycles. The highest BCUT2D eigenvalue weighted by Crippen LogP contribution is 2.46. The molecule has 0 aromatic heterocycles. The topological polar surface area (TPSA) is 12.4 Å². The predicted molar refractivity (Wildman–Crippen MR) is 88.7 cm³/mol. The summed E-state index contributed by atoms with van der Waals surface area (Å²) in [6, 6.07) is 14.9. The van der Waals surface area contributed by atoms with E-state index in [1.165, 1.54) is 33.4 Å². The third-order valence-electron chi connectivity index (χ3n) is 4.40. The predicted octanol–water partition coefficient (Wildman–Crippen LogP) is 5.02. The van der Waals surface area contributed by atoms with Crippen LogP contribution in [0.3, 0.4) is 0 Å². The van der Waals surface area contributed by atoms with E-state index in [4.69, 9.17) is 4.99 Å². The molecule has 2 aromatic rings. The molecule has 0 amide bonds. The van der Waals surface area contributed by atoms with Crippen molar-refractivity contribution in [2.45, 2.75) is 6.42 Å². The number of rotatable bonds is 1. The lowest BCUT2D eigenvalue weighted by molar-refractivity contribution is 1.45. The van der Waals surface area contributed by atoms with Crippen molar-refractivity contribution in [3.63, 3.8) is 0 Å². The van der Waals surface area contributed by atoms with Gasteiger partial charge in [-0.05, 0) is 35.3 Å². The second-order valence-corrected chi connectivity index (χ2v) is 5.60. The molecular formula is C20H13N. The van der Waals surface area contributed by atoms with Crippen LogP contribution >= 0.6 is 0 Å². The smallest absolute Gasteiger partial charge is 0.0795 e. The maximum atomic E-state index is 4.88. The highest BCUT2D eigenvalue weighted by molar-refractivity contribution is 6.43. The van der Waals surface area contributed by atoms with E-state index in [9.17, 15) is 0 Å². The standard InChI is InChI=1S/C20H13N/c1-2-7-13(6-1)15-10-5-11-18-19(15)17-12-14-8-3-4-9-16(14)20(17)21-18/h1,3-12H,2H2. The van der Waals surface area contributed by atoms with Crippen LogP contribution in [-0.4, -0.2) is 5.71 Å². The summed E-state index contributed by atoms with van der Waals surface area (Å²) in [5, 5.41) is 0. The van der Waals surface area contributed by atoms with E-state index in [0.29, 0.717) is 0 Å². The first-order valence-corrected chi connectivity index (χ1v) is 7.32. The monoisotopic (exact) mass is 267 g/mol. The van der Waals surface area contributed by atoms with Crippen molar-refractivity contribution in [1.82, 2.24) is 0 Å². The van der Waals surface area contributed by atoms with E-state index in [1.807, 2.05) is 0 Å². The molecule has 1 nitrogen and oxygen atoms in total. The minimum Gasteiger partial charge on any atom is -0.247 e. The quantitative estimate of drug-likeness (QED) is 0.688. The third kappa shape index (κ3) is 1.43. The van der Waals surface area contributed by atoms with Gasteiger partial charge in [0.05, 0.1) is 11.4 Å². The first kappa shape index (κ1) is 11.0. The van der Waals surface area contributed by atoms with Gasteiger partial charge in [0.15, 0.2) is 0 Å². The Hall–Kier alpha value is -2.67. The van der Waals surface area contributed by atoms with Gasteiger partial charge in [-0.25, -0.2) is 4.99 Å². The van der Waals surface area contributed by atoms with Crippen molar-refractivity contribution in [3.05, 3.63) is 82.9 Å². The summed E-state index contributed by atoms with van der Waals surface area (Å²) in [7, 11) is 0. The van der Waals surface area contributed by atoms with Crippen molar-refractivity contribution >= 4 is 28.6 Å². The summed E-state index contributed by atoms with van der Waals surface area (Å²) in [5.41, 5.74) is 9.97. The molecule has 0 radical (unpaired) electrons. The molecule has 5 rings (SSSR count). The molecule has 2 aromatic carbocycles. The number of benzene rings is 2. The number of fused-ring (bicyclic) bond motifs is 5. The van der Waals surface area contributed by atoms with Gasteiger partial charge in [-0.15, -0.1) is 0 Å². The minimum absolute atomic E-state index is 1.03. The number of hydrogen-bond acceptors (Lipinski definition) is 1. The summed E-state index contributed by atoms with van der Waals surface area (Å²) in [6.07, 6.45) is 10.0. The largest absolute Gasteiger partial charge is 0.247 e. The SMILES string of the molecule is C1=CC(c2cccc3c2C2=Cc4ccccc4C2=N3)=CC1. The average Bonchev–Trinajstić information content (AvgIpc) is 3.22. The Morgan fingerprint density at radius 2 is 1.81 bits per heavy atom. The molecule has 0 unspecified atom stereocenters. The zero-order chi connectivity index (χ0) is 13.8. The van der Waals surface area contributed by atoms with Crippen LogP contribution in [-0.2, 0) is 0 Å². The summed E-state index contributed by atoms with van der Waals surface area (Å²) in [4.78, 5) is 4.88. The van der Waals surface area contributed by atoms with Gasteiger partial charge in [-0.2, -0.15) is 0 Å². The lowest BCUT2D eigenvalue weighted by Crippen LogP contribution is -1.96. The second kappa shape index (κ2) is 3.92. The van der Waals surface area contributed by atoms with Crippen LogP contribution in [0.4, 0.5) is 5.69 Å². The van der Waals surface area contributed by atoms with Gasteiger partial charge >= 0.3 is 0 Å². The van der Waals surface area contributed by atoms with Crippen LogP contribution in [0.5, 0.6) is 0 Å². The maximum absolute atomic E-state index is 4.88. The Kier molecular flexibility index (Phi) is 2.06. The van der Waals surface area contributed by atoms with E-state index < -0.39 is 0 Å². The Bertz CT molecular complexity index is 907. The fourth-order valence-corrected chi connectivity index (χ4v) is 3.45. The molecule has 98 valence electrons. The summed E-state index contributed by atoms with van der Waals surface area (Å²) < 4.78 is 0. The van der Waals surface area contributed by atoms with E-state index in [-0.39, 0.29) is 0 Å². The van der Waals surface area contributed by atoms with Gasteiger partial charge in [0.1, 0.15) is 0 Å². The zero-order valence-electron chi connectivity index (χ0n) is 11.5. The Labute approximate surface area is 123 Å². The van der Waals surface area contributed by atoms with Crippen LogP contribution in [0.15, 0.2) is 65.7 Å². The molecule has 0 atom stereocenters. The highest BCUT2D eigenvalue weighted by Gasteiger charge is 2.30. The molecule has 0 N–H and O–H groups in total. The van der Waals surface area contributed by atoms with Gasteiger partial charge in [-0.3, -0.25) is 0 Å². The summed E-state index contributed by atoms with van der Waals surface area (Å²) in [6.45, 7) is 0. The number of allylic oxidation sites excluding steroid dienone is 5. The maximum Gasteiger partial charge on any atom is 0.0795 e. The summed E-state index contributed by atoms with van der Waals surface area (Å²) in [5.74, 6) is 0. The lowest BCUT2D eigenvalue weighted by Gasteiger charge is -2.08. The average molecular weight is 267 g/mol. The fourth-order valence-electron chi connectivity index (χ4n) is 3.45. The molecule has 0 spiro atoms. The Balaban J connectivity index is 1.76. The van der Waals surface area contributed by atoms with E-state index in [1.54, 1.807) is 0 Å². The summed E-state index contributed by atoms with van der Waals surface area (Å²) >= 11 is 0. The molecule has 1 aliphatic heterocycles. The Morgan fingerprint density at radius 1 is 0.905 bits per heavy atom. The fraction of sp³-hybridized carbons (Fsp3) is 0.0500. The third-order valence-corrected chi connectivity index (χ3v) is 4.40. The molecule has 2 aliphatic carbocycles. The molecule has 0 fully saturated rings. The van der Waals surface area contributed by atoms with Crippen LogP contribution < -0.4 is 0 Å². The molecule has 21 heavy (non-hydrogen) atoms. The first-order chi connectivity index (χ1) is 10.4. The number of hydrogen-bond donors (Lipinski definition) is 0. The van der Waals surface area contributed by atoms with Gasteiger partial charge in [0.25, 0.3) is 0 Å². The van der Waals surface area contributed by atoms with Crippen molar-refractivity contribution in [3.8, 4) is 0 Å². The van der Waals surface area contributed by atoms with Crippen LogP contribution in [0.2, 0.25) is 0 Å². The lowest BCUT2D eigenvalue weighted by atomic mass is 9.94. The van der Waals surface area contributed by atoms with Crippen LogP contribution in [0.1, 0.15) is 28.7 Å². The highest BCUT2D eigenvalue weighted by atomic mass is 14.8. The number of aliphatic imine (C=N–C) groups is 1. The van der Waals surface area contributed by atoms with E-state index in [0.717, 1.165) is 17.8 Å². The van der Waals surface area contributed by atoms with Crippen molar-refractivity contribution in [1.29, 1.82) is 0 Å². The Morgan fingerprint density at radius 3 is 2.71 bits per heavy atom. The molecule has 1 heterocycles. The van der Waals surface area contributed by atoms with Gasteiger partial charge in [0.2, 0.25) is 0 Å². The molecule has 0 bridgehead atoms. The molecule has 1 heteroatoms. The van der Waals surface area contributed by atoms with Gasteiger partial charge in [0, 0.05) is 16.7 Å². The van der Waals surface area contributed by atoms with E-state index >= 15 is 0 Å². The van der Waals surface area contributed by atoms with E-state index in [2.05, 4.69) is 66.8 Å². The van der Waals surface area contributed by atoms with Crippen molar-refractivity contribution in [2.75, 3.05) is 0 Å². The van der Waals surface area contributed by atoms with Crippen molar-refractivity contribution < 1.29 is 0 Å². The van der Waals surface area contributed by atoms with Crippen molar-refractivity contribution in [2.24, 2.45) is 4.99 Å². The van der Waals surface area contributed by atoms with Crippen LogP contribution in [0, 0.1) is 0 Å². The van der Waals surface area contributed by atoms with Gasteiger partial charge in [-0.1, -0.05) is 54.6 Å². The second-order valence-electron chi connectivity index (χ2n) is 5.60. The van der Waals surface area contributed by atoms with Gasteiger partial charge < -0.3 is 0 Å². The molecule has 0 saturated carbocycles. The minimum atomic E-state index is 1.03. The zero-order valence-corrected chi connectivity index (χ0v) is 11.5. The number of nitrogens with zero attached hydrogens (tertiary/aromatic N) is 1. The normalized spacial score (nSPS) is 17.0.